The van der Waals surface area contributed by atoms with Crippen molar-refractivity contribution in [3.05, 3.63) is 33.6 Å². The summed E-state index contributed by atoms with van der Waals surface area (Å²) in [6.07, 6.45) is 2.66. The van der Waals surface area contributed by atoms with E-state index in [1.54, 1.807) is 11.3 Å². The minimum atomic E-state index is 0.130. The van der Waals surface area contributed by atoms with E-state index in [1.165, 1.54) is 0 Å². The van der Waals surface area contributed by atoms with E-state index in [9.17, 15) is 4.79 Å². The molecule has 2 N–H and O–H groups in total. The lowest BCUT2D eigenvalue weighted by molar-refractivity contribution is 0.0712. The number of nitrogens with zero attached hydrogens (tertiary/aromatic N) is 2. The first-order chi connectivity index (χ1) is 10.2. The van der Waals surface area contributed by atoms with Crippen LogP contribution in [0.2, 0.25) is 0 Å². The number of hydrogen-bond acceptors (Lipinski definition) is 5. The average molecular weight is 305 g/mol. The number of rotatable bonds is 3. The molecule has 3 heterocycles. The number of nitrogen functional groups attached to an aromatic ring is 1. The number of carbonyl (C=O) groups is 1. The molecule has 0 bridgehead atoms. The van der Waals surface area contributed by atoms with Crippen LogP contribution in [0, 0.1) is 0 Å². The summed E-state index contributed by atoms with van der Waals surface area (Å²) in [4.78, 5) is 14.2. The fraction of sp³-hybridized carbons (Fsp3) is 0.467. The second-order valence-electron chi connectivity index (χ2n) is 5.34. The highest BCUT2D eigenvalue weighted by Crippen LogP contribution is 2.32. The maximum atomic E-state index is 12.3. The van der Waals surface area contributed by atoms with Gasteiger partial charge in [-0.05, 0) is 30.7 Å². The molecule has 1 amide bonds. The second kappa shape index (κ2) is 5.89. The highest BCUT2D eigenvalue weighted by atomic mass is 32.1. The molecule has 1 aliphatic rings. The van der Waals surface area contributed by atoms with Gasteiger partial charge in [0.05, 0.1) is 11.3 Å². The average Bonchev–Trinajstić information content (AvgIpc) is 3.16. The molecular formula is C15H19N3O2S. The van der Waals surface area contributed by atoms with Gasteiger partial charge in [-0.2, -0.15) is 11.3 Å². The number of likely N-dealkylation sites (tertiary alicyclic amines) is 1. The zero-order chi connectivity index (χ0) is 14.8. The van der Waals surface area contributed by atoms with Crippen LogP contribution in [-0.2, 0) is 6.42 Å². The second-order valence-corrected chi connectivity index (χ2v) is 6.12. The van der Waals surface area contributed by atoms with Crippen LogP contribution in [0.25, 0.3) is 0 Å². The van der Waals surface area contributed by atoms with Crippen LogP contribution >= 0.6 is 11.3 Å². The van der Waals surface area contributed by atoms with Crippen molar-refractivity contribution in [2.75, 3.05) is 18.8 Å². The van der Waals surface area contributed by atoms with E-state index in [-0.39, 0.29) is 5.91 Å². The number of hydrogen-bond donors (Lipinski definition) is 1. The first-order valence-electron chi connectivity index (χ1n) is 7.26. The Bertz CT molecular complexity index is 613. The van der Waals surface area contributed by atoms with Crippen LogP contribution in [-0.4, -0.2) is 29.1 Å². The largest absolute Gasteiger partial charge is 0.367 e. The predicted molar refractivity (Wildman–Crippen MR) is 82.5 cm³/mol. The van der Waals surface area contributed by atoms with E-state index in [1.807, 2.05) is 21.7 Å². The Balaban J connectivity index is 1.66. The molecule has 0 aromatic carbocycles. The summed E-state index contributed by atoms with van der Waals surface area (Å²) in [5.74, 6) is 0.905. The number of carbonyl (C=O) groups excluding carboxylic acids is 1. The molecule has 0 saturated carbocycles. The van der Waals surface area contributed by atoms with Crippen molar-refractivity contribution in [3.8, 4) is 0 Å². The number of piperidine rings is 1. The Labute approximate surface area is 127 Å². The van der Waals surface area contributed by atoms with E-state index in [0.29, 0.717) is 11.8 Å². The topological polar surface area (TPSA) is 72.4 Å². The molecule has 3 rings (SSSR count). The zero-order valence-corrected chi connectivity index (χ0v) is 12.9. The first kappa shape index (κ1) is 14.1. The van der Waals surface area contributed by atoms with E-state index >= 15 is 0 Å². The zero-order valence-electron chi connectivity index (χ0n) is 12.0. The van der Waals surface area contributed by atoms with E-state index < -0.39 is 0 Å². The molecule has 5 nitrogen and oxygen atoms in total. The molecule has 6 heteroatoms. The van der Waals surface area contributed by atoms with E-state index in [0.717, 1.165) is 49.2 Å². The normalized spacial score (nSPS) is 16.3. The van der Waals surface area contributed by atoms with Gasteiger partial charge in [-0.1, -0.05) is 12.1 Å². The summed E-state index contributed by atoms with van der Waals surface area (Å²) in [5, 5.41) is 7.97. The molecule has 1 aliphatic heterocycles. The third-order valence-corrected chi connectivity index (χ3v) is 4.82. The Morgan fingerprint density at radius 1 is 1.52 bits per heavy atom. The fourth-order valence-corrected chi connectivity index (χ4v) is 3.57. The van der Waals surface area contributed by atoms with Gasteiger partial charge in [0.15, 0.2) is 0 Å². The lowest BCUT2D eigenvalue weighted by Crippen LogP contribution is -2.37. The Kier molecular flexibility index (Phi) is 3.96. The summed E-state index contributed by atoms with van der Waals surface area (Å²) in [6.45, 7) is 3.58. The van der Waals surface area contributed by atoms with Gasteiger partial charge in [0.2, 0.25) is 5.88 Å². The fourth-order valence-electron chi connectivity index (χ4n) is 2.94. The molecule has 2 aromatic rings. The quantitative estimate of drug-likeness (QED) is 0.946. The van der Waals surface area contributed by atoms with Gasteiger partial charge in [-0.15, -0.1) is 0 Å². The van der Waals surface area contributed by atoms with Gasteiger partial charge < -0.3 is 15.2 Å². The molecule has 1 fully saturated rings. The Morgan fingerprint density at radius 2 is 2.29 bits per heavy atom. The van der Waals surface area contributed by atoms with Gasteiger partial charge in [-0.3, -0.25) is 4.79 Å². The third kappa shape index (κ3) is 2.68. The smallest absolute Gasteiger partial charge is 0.254 e. The number of thiophene rings is 1. The number of aromatic nitrogens is 1. The Hall–Kier alpha value is -1.82. The van der Waals surface area contributed by atoms with Crippen LogP contribution in [0.5, 0.6) is 0 Å². The molecular weight excluding hydrogens is 286 g/mol. The van der Waals surface area contributed by atoms with Crippen molar-refractivity contribution in [1.82, 2.24) is 10.1 Å². The van der Waals surface area contributed by atoms with Crippen LogP contribution in [0.4, 0.5) is 5.88 Å². The van der Waals surface area contributed by atoms with Crippen molar-refractivity contribution in [1.29, 1.82) is 0 Å². The summed E-state index contributed by atoms with van der Waals surface area (Å²) in [7, 11) is 0. The SMILES string of the molecule is CCc1c(C2CCN(C(=O)c3ccsc3)CC2)noc1N. The highest BCUT2D eigenvalue weighted by molar-refractivity contribution is 7.08. The molecule has 2 aromatic heterocycles. The predicted octanol–water partition coefficient (Wildman–Crippen LogP) is 2.90. The molecule has 0 unspecified atom stereocenters. The van der Waals surface area contributed by atoms with Crippen LogP contribution in [0.1, 0.15) is 47.3 Å². The maximum Gasteiger partial charge on any atom is 0.254 e. The van der Waals surface area contributed by atoms with Crippen molar-refractivity contribution in [2.45, 2.75) is 32.1 Å². The van der Waals surface area contributed by atoms with Crippen LogP contribution < -0.4 is 5.73 Å². The maximum absolute atomic E-state index is 12.3. The van der Waals surface area contributed by atoms with Crippen LogP contribution in [0.15, 0.2) is 21.3 Å². The summed E-state index contributed by atoms with van der Waals surface area (Å²) < 4.78 is 5.12. The standard InChI is InChI=1S/C15H19N3O2S/c1-2-12-13(17-20-14(12)16)10-3-6-18(7-4-10)15(19)11-5-8-21-9-11/h5,8-10H,2-4,6-7,16H2,1H3. The minimum absolute atomic E-state index is 0.130. The van der Waals surface area contributed by atoms with Crippen molar-refractivity contribution in [3.63, 3.8) is 0 Å². The van der Waals surface area contributed by atoms with Crippen LogP contribution in [0.3, 0.4) is 0 Å². The third-order valence-electron chi connectivity index (χ3n) is 4.14. The van der Waals surface area contributed by atoms with Crippen molar-refractivity contribution < 1.29 is 9.32 Å². The van der Waals surface area contributed by atoms with Crippen molar-refractivity contribution >= 4 is 23.1 Å². The summed E-state index contributed by atoms with van der Waals surface area (Å²) in [5.41, 5.74) is 8.61. The minimum Gasteiger partial charge on any atom is -0.367 e. The highest BCUT2D eigenvalue weighted by Gasteiger charge is 2.28. The lowest BCUT2D eigenvalue weighted by atomic mass is 9.90. The van der Waals surface area contributed by atoms with Gasteiger partial charge in [-0.25, -0.2) is 0 Å². The molecule has 21 heavy (non-hydrogen) atoms. The van der Waals surface area contributed by atoms with Gasteiger partial charge in [0.1, 0.15) is 0 Å². The monoisotopic (exact) mass is 305 g/mol. The molecule has 1 saturated heterocycles. The lowest BCUT2D eigenvalue weighted by Gasteiger charge is -2.31. The van der Waals surface area contributed by atoms with Gasteiger partial charge in [0, 0.05) is 30.0 Å². The molecule has 0 radical (unpaired) electrons. The van der Waals surface area contributed by atoms with Gasteiger partial charge in [0.25, 0.3) is 5.91 Å². The van der Waals surface area contributed by atoms with E-state index in [2.05, 4.69) is 12.1 Å². The number of nitrogens with two attached hydrogens (primary N) is 1. The molecule has 0 atom stereocenters. The number of amides is 1. The molecule has 112 valence electrons. The number of anilines is 1. The first-order valence-corrected chi connectivity index (χ1v) is 8.20. The Morgan fingerprint density at radius 3 is 2.90 bits per heavy atom. The molecule has 0 spiro atoms. The summed E-state index contributed by atoms with van der Waals surface area (Å²) >= 11 is 1.55. The van der Waals surface area contributed by atoms with Crippen molar-refractivity contribution in [2.24, 2.45) is 0 Å². The molecule has 0 aliphatic carbocycles. The van der Waals surface area contributed by atoms with Gasteiger partial charge >= 0.3 is 0 Å². The van der Waals surface area contributed by atoms with E-state index in [4.69, 9.17) is 10.3 Å². The summed E-state index contributed by atoms with van der Waals surface area (Å²) in [6, 6.07) is 1.88.